The van der Waals surface area contributed by atoms with Crippen LogP contribution in [-0.4, -0.2) is 60.8 Å². The van der Waals surface area contributed by atoms with Gasteiger partial charge < -0.3 is 15.4 Å². The zero-order valence-corrected chi connectivity index (χ0v) is 14.6. The summed E-state index contributed by atoms with van der Waals surface area (Å²) in [5, 5.41) is 0. The largest absolute Gasteiger partial charge is 0.444 e. The molecule has 1 aliphatic heterocycles. The summed E-state index contributed by atoms with van der Waals surface area (Å²) in [5.41, 5.74) is 6.00. The van der Waals surface area contributed by atoms with Gasteiger partial charge in [0.2, 0.25) is 0 Å². The molecule has 2 fully saturated rings. The van der Waals surface area contributed by atoms with E-state index in [-0.39, 0.29) is 6.09 Å². The third-order valence-electron chi connectivity index (χ3n) is 5.08. The number of rotatable bonds is 4. The molecule has 0 aromatic carbocycles. The number of carbonyl (C=O) groups is 1. The van der Waals surface area contributed by atoms with Gasteiger partial charge in [-0.25, -0.2) is 4.79 Å². The Labute approximate surface area is 135 Å². The first-order valence-electron chi connectivity index (χ1n) is 8.74. The maximum Gasteiger partial charge on any atom is 0.410 e. The van der Waals surface area contributed by atoms with Gasteiger partial charge in [0, 0.05) is 26.2 Å². The fourth-order valence-electron chi connectivity index (χ4n) is 3.56. The van der Waals surface area contributed by atoms with Crippen LogP contribution in [0.1, 0.15) is 52.9 Å². The van der Waals surface area contributed by atoms with Gasteiger partial charge >= 0.3 is 6.09 Å². The molecule has 1 heterocycles. The Balaban J connectivity index is 1.72. The summed E-state index contributed by atoms with van der Waals surface area (Å²) in [6, 6.07) is 0. The summed E-state index contributed by atoms with van der Waals surface area (Å²) in [6.07, 6.45) is 6.28. The van der Waals surface area contributed by atoms with Gasteiger partial charge in [0.05, 0.1) is 0 Å². The van der Waals surface area contributed by atoms with E-state index in [2.05, 4.69) is 4.90 Å². The van der Waals surface area contributed by atoms with Gasteiger partial charge in [-0.15, -0.1) is 0 Å². The highest BCUT2D eigenvalue weighted by Crippen LogP contribution is 2.40. The van der Waals surface area contributed by atoms with Gasteiger partial charge in [-0.1, -0.05) is 12.8 Å². The van der Waals surface area contributed by atoms with Crippen LogP contribution in [0.2, 0.25) is 0 Å². The number of piperazine rings is 1. The monoisotopic (exact) mass is 311 g/mol. The van der Waals surface area contributed by atoms with E-state index in [1.807, 2.05) is 25.7 Å². The molecule has 2 N–H and O–H groups in total. The summed E-state index contributed by atoms with van der Waals surface area (Å²) in [6.45, 7) is 11.1. The van der Waals surface area contributed by atoms with Gasteiger partial charge in [-0.05, 0) is 58.5 Å². The quantitative estimate of drug-likeness (QED) is 0.866. The molecule has 128 valence electrons. The maximum atomic E-state index is 12.1. The Morgan fingerprint density at radius 2 is 1.73 bits per heavy atom. The van der Waals surface area contributed by atoms with Crippen LogP contribution in [0.15, 0.2) is 0 Å². The summed E-state index contributed by atoms with van der Waals surface area (Å²) in [7, 11) is 0. The fraction of sp³-hybridized carbons (Fsp3) is 0.941. The fourth-order valence-corrected chi connectivity index (χ4v) is 3.56. The van der Waals surface area contributed by atoms with Crippen molar-refractivity contribution in [3.05, 3.63) is 0 Å². The molecule has 1 amide bonds. The number of nitrogens with two attached hydrogens (primary N) is 1. The van der Waals surface area contributed by atoms with Crippen molar-refractivity contribution in [1.82, 2.24) is 9.80 Å². The van der Waals surface area contributed by atoms with Gasteiger partial charge in [0.1, 0.15) is 5.60 Å². The molecular formula is C17H33N3O2. The van der Waals surface area contributed by atoms with Crippen molar-refractivity contribution in [2.45, 2.75) is 58.5 Å². The SMILES string of the molecule is CC(C)(C)OC(=O)N1CCN(CCC2(CN)CCCC2)CC1. The van der Waals surface area contributed by atoms with Crippen LogP contribution in [-0.2, 0) is 4.74 Å². The maximum absolute atomic E-state index is 12.1. The van der Waals surface area contributed by atoms with Crippen LogP contribution < -0.4 is 5.73 Å². The van der Waals surface area contributed by atoms with E-state index in [1.165, 1.54) is 32.1 Å². The third kappa shape index (κ3) is 4.85. The van der Waals surface area contributed by atoms with E-state index in [1.54, 1.807) is 0 Å². The first-order valence-corrected chi connectivity index (χ1v) is 8.74. The molecule has 0 aromatic heterocycles. The summed E-state index contributed by atoms with van der Waals surface area (Å²) < 4.78 is 5.44. The van der Waals surface area contributed by atoms with Crippen molar-refractivity contribution >= 4 is 6.09 Å². The van der Waals surface area contributed by atoms with Crippen LogP contribution in [0.5, 0.6) is 0 Å². The average molecular weight is 311 g/mol. The van der Waals surface area contributed by atoms with Crippen molar-refractivity contribution in [3.63, 3.8) is 0 Å². The highest BCUT2D eigenvalue weighted by Gasteiger charge is 2.33. The Bertz CT molecular complexity index is 365. The van der Waals surface area contributed by atoms with Gasteiger partial charge in [0.25, 0.3) is 0 Å². The van der Waals surface area contributed by atoms with Gasteiger partial charge in [-0.2, -0.15) is 0 Å². The van der Waals surface area contributed by atoms with Crippen molar-refractivity contribution in [2.24, 2.45) is 11.1 Å². The number of carbonyl (C=O) groups excluding carboxylic acids is 1. The minimum atomic E-state index is -0.413. The number of ether oxygens (including phenoxy) is 1. The highest BCUT2D eigenvalue weighted by atomic mass is 16.6. The lowest BCUT2D eigenvalue weighted by Gasteiger charge is -2.37. The lowest BCUT2D eigenvalue weighted by molar-refractivity contribution is 0.0135. The van der Waals surface area contributed by atoms with E-state index in [0.717, 1.165) is 39.3 Å². The number of amides is 1. The molecule has 0 bridgehead atoms. The Kier molecular flexibility index (Phi) is 5.72. The second-order valence-electron chi connectivity index (χ2n) is 7.97. The normalized spacial score (nSPS) is 22.8. The highest BCUT2D eigenvalue weighted by molar-refractivity contribution is 5.68. The van der Waals surface area contributed by atoms with Crippen molar-refractivity contribution in [2.75, 3.05) is 39.3 Å². The van der Waals surface area contributed by atoms with Gasteiger partial charge in [0.15, 0.2) is 0 Å². The molecule has 1 saturated heterocycles. The lowest BCUT2D eigenvalue weighted by Crippen LogP contribution is -2.50. The number of nitrogens with zero attached hydrogens (tertiary/aromatic N) is 2. The second kappa shape index (κ2) is 7.18. The van der Waals surface area contributed by atoms with E-state index < -0.39 is 5.60 Å². The molecule has 0 aromatic rings. The number of hydrogen-bond donors (Lipinski definition) is 1. The molecule has 1 aliphatic carbocycles. The molecule has 2 aliphatic rings. The van der Waals surface area contributed by atoms with E-state index in [9.17, 15) is 4.79 Å². The first kappa shape index (κ1) is 17.5. The predicted molar refractivity (Wildman–Crippen MR) is 88.8 cm³/mol. The van der Waals surface area contributed by atoms with Gasteiger partial charge in [-0.3, -0.25) is 4.90 Å². The molecule has 2 rings (SSSR count). The van der Waals surface area contributed by atoms with Crippen molar-refractivity contribution in [1.29, 1.82) is 0 Å². The lowest BCUT2D eigenvalue weighted by atomic mass is 9.82. The minimum absolute atomic E-state index is 0.179. The van der Waals surface area contributed by atoms with Crippen LogP contribution in [0.25, 0.3) is 0 Å². The Morgan fingerprint density at radius 3 is 2.23 bits per heavy atom. The van der Waals surface area contributed by atoms with E-state index in [0.29, 0.717) is 5.41 Å². The molecule has 1 saturated carbocycles. The summed E-state index contributed by atoms with van der Waals surface area (Å²) in [4.78, 5) is 16.4. The van der Waals surface area contributed by atoms with Crippen LogP contribution in [0.4, 0.5) is 4.79 Å². The van der Waals surface area contributed by atoms with Crippen LogP contribution in [0, 0.1) is 5.41 Å². The molecule has 0 atom stereocenters. The number of hydrogen-bond acceptors (Lipinski definition) is 4. The van der Waals surface area contributed by atoms with E-state index in [4.69, 9.17) is 10.5 Å². The molecule has 5 nitrogen and oxygen atoms in total. The first-order chi connectivity index (χ1) is 10.3. The summed E-state index contributed by atoms with van der Waals surface area (Å²) in [5.74, 6) is 0. The molecule has 0 radical (unpaired) electrons. The Morgan fingerprint density at radius 1 is 1.14 bits per heavy atom. The zero-order chi connectivity index (χ0) is 16.2. The van der Waals surface area contributed by atoms with Crippen LogP contribution in [0.3, 0.4) is 0 Å². The smallest absolute Gasteiger partial charge is 0.410 e. The minimum Gasteiger partial charge on any atom is -0.444 e. The van der Waals surface area contributed by atoms with Crippen molar-refractivity contribution in [3.8, 4) is 0 Å². The molecule has 0 spiro atoms. The van der Waals surface area contributed by atoms with Crippen molar-refractivity contribution < 1.29 is 9.53 Å². The van der Waals surface area contributed by atoms with E-state index >= 15 is 0 Å². The zero-order valence-electron chi connectivity index (χ0n) is 14.6. The molecule has 0 unspecified atom stereocenters. The van der Waals surface area contributed by atoms with Crippen LogP contribution >= 0.6 is 0 Å². The molecular weight excluding hydrogens is 278 g/mol. The second-order valence-corrected chi connectivity index (χ2v) is 7.97. The third-order valence-corrected chi connectivity index (χ3v) is 5.08. The Hall–Kier alpha value is -0.810. The predicted octanol–water partition coefficient (Wildman–Crippen LogP) is 2.45. The summed E-state index contributed by atoms with van der Waals surface area (Å²) >= 11 is 0. The molecule has 22 heavy (non-hydrogen) atoms. The topological polar surface area (TPSA) is 58.8 Å². The standard InChI is InChI=1S/C17H33N3O2/c1-16(2,3)22-15(21)20-12-10-19(11-13-20)9-8-17(14-18)6-4-5-7-17/h4-14,18H2,1-3H3. The average Bonchev–Trinajstić information content (AvgIpc) is 2.93. The molecule has 5 heteroatoms.